The molecule has 0 bridgehead atoms. The Labute approximate surface area is 102 Å². The fraction of sp³-hybridized carbons (Fsp3) is 0.125. The van der Waals surface area contributed by atoms with Crippen LogP contribution in [0.5, 0.6) is 5.75 Å². The van der Waals surface area contributed by atoms with E-state index in [-0.39, 0.29) is 0 Å². The van der Waals surface area contributed by atoms with E-state index in [2.05, 4.69) is 12.6 Å². The topological polar surface area (TPSA) is 20.2 Å². The van der Waals surface area contributed by atoms with Crippen molar-refractivity contribution in [2.24, 2.45) is 0 Å². The summed E-state index contributed by atoms with van der Waals surface area (Å²) >= 11 is 0. The molecule has 0 aromatic heterocycles. The molecule has 0 radical (unpaired) electrons. The lowest BCUT2D eigenvalue weighted by Crippen LogP contribution is -1.86. The van der Waals surface area contributed by atoms with E-state index in [1.165, 1.54) is 5.56 Å². The highest BCUT2D eigenvalue weighted by molar-refractivity contribution is 5.79. The van der Waals surface area contributed by atoms with Gasteiger partial charge in [0.05, 0.1) is 0 Å². The molecule has 0 aliphatic carbocycles. The Kier molecular flexibility index (Phi) is 3.01. The van der Waals surface area contributed by atoms with Crippen molar-refractivity contribution in [3.63, 3.8) is 0 Å². The largest absolute Gasteiger partial charge is 0.507 e. The first-order valence-electron chi connectivity index (χ1n) is 5.65. The van der Waals surface area contributed by atoms with E-state index in [1.54, 1.807) is 6.07 Å². The smallest absolute Gasteiger partial charge is 0.123 e. The molecular formula is C16H16O. The Bertz CT molecular complexity index is 568. The average molecular weight is 224 g/mol. The molecule has 0 aliphatic rings. The molecule has 0 spiro atoms. The summed E-state index contributed by atoms with van der Waals surface area (Å²) in [6.07, 6.45) is 1.82. The van der Waals surface area contributed by atoms with Gasteiger partial charge in [0.2, 0.25) is 0 Å². The number of hydrogen-bond donors (Lipinski definition) is 1. The van der Waals surface area contributed by atoms with Gasteiger partial charge >= 0.3 is 0 Å². The third kappa shape index (κ3) is 2.23. The Balaban J connectivity index is 2.63. The van der Waals surface area contributed by atoms with Crippen molar-refractivity contribution in [3.05, 3.63) is 59.7 Å². The summed E-state index contributed by atoms with van der Waals surface area (Å²) in [5.74, 6) is 0.317. The van der Waals surface area contributed by atoms with Crippen LogP contribution in [0.2, 0.25) is 0 Å². The first-order valence-corrected chi connectivity index (χ1v) is 5.65. The number of phenolic OH excluding ortho intramolecular Hbond substituents is 1. The monoisotopic (exact) mass is 224 g/mol. The molecule has 1 nitrogen and oxygen atoms in total. The molecule has 0 saturated heterocycles. The van der Waals surface area contributed by atoms with Crippen LogP contribution in [-0.2, 0) is 0 Å². The van der Waals surface area contributed by atoms with Gasteiger partial charge in [0.1, 0.15) is 5.75 Å². The molecule has 17 heavy (non-hydrogen) atoms. The van der Waals surface area contributed by atoms with E-state index in [1.807, 2.05) is 44.2 Å². The molecule has 0 amide bonds. The van der Waals surface area contributed by atoms with Gasteiger partial charge in [-0.15, -0.1) is 0 Å². The molecule has 0 aliphatic heterocycles. The Morgan fingerprint density at radius 1 is 0.941 bits per heavy atom. The van der Waals surface area contributed by atoms with Gasteiger partial charge in [0.15, 0.2) is 0 Å². The van der Waals surface area contributed by atoms with E-state index in [0.717, 1.165) is 22.3 Å². The van der Waals surface area contributed by atoms with Crippen LogP contribution >= 0.6 is 0 Å². The molecule has 1 N–H and O–H groups in total. The molecule has 0 heterocycles. The highest BCUT2D eigenvalue weighted by Gasteiger charge is 2.07. The number of hydrogen-bond acceptors (Lipinski definition) is 1. The van der Waals surface area contributed by atoms with Crippen LogP contribution in [0.25, 0.3) is 17.2 Å². The molecule has 0 saturated carbocycles. The van der Waals surface area contributed by atoms with E-state index in [0.29, 0.717) is 5.75 Å². The molecule has 86 valence electrons. The minimum absolute atomic E-state index is 0.317. The normalized spacial score (nSPS) is 10.2. The van der Waals surface area contributed by atoms with Crippen LogP contribution in [-0.4, -0.2) is 5.11 Å². The van der Waals surface area contributed by atoms with Gasteiger partial charge in [-0.1, -0.05) is 48.6 Å². The highest BCUT2D eigenvalue weighted by atomic mass is 16.3. The fourth-order valence-electron chi connectivity index (χ4n) is 1.97. The standard InChI is InChI=1S/C16H16O/c1-4-13-9-11(2)5-7-14(13)15-8-6-12(3)10-16(15)17/h4-10,17H,1H2,2-3H3. The molecule has 0 unspecified atom stereocenters. The first-order chi connectivity index (χ1) is 8.11. The van der Waals surface area contributed by atoms with Gasteiger partial charge in [0.25, 0.3) is 0 Å². The predicted octanol–water partition coefficient (Wildman–Crippen LogP) is 4.32. The van der Waals surface area contributed by atoms with Crippen molar-refractivity contribution in [2.75, 3.05) is 0 Å². The summed E-state index contributed by atoms with van der Waals surface area (Å²) in [6.45, 7) is 7.84. The van der Waals surface area contributed by atoms with Gasteiger partial charge in [-0.05, 0) is 36.6 Å². The quantitative estimate of drug-likeness (QED) is 0.805. The summed E-state index contributed by atoms with van der Waals surface area (Å²) in [5, 5.41) is 10.00. The Morgan fingerprint density at radius 2 is 1.53 bits per heavy atom. The lowest BCUT2D eigenvalue weighted by atomic mass is 9.96. The van der Waals surface area contributed by atoms with Crippen LogP contribution < -0.4 is 0 Å². The van der Waals surface area contributed by atoms with Gasteiger partial charge in [-0.3, -0.25) is 0 Å². The zero-order chi connectivity index (χ0) is 12.4. The van der Waals surface area contributed by atoms with Crippen LogP contribution in [0.3, 0.4) is 0 Å². The van der Waals surface area contributed by atoms with Gasteiger partial charge in [0, 0.05) is 5.56 Å². The van der Waals surface area contributed by atoms with Gasteiger partial charge < -0.3 is 5.11 Å². The van der Waals surface area contributed by atoms with E-state index in [9.17, 15) is 5.11 Å². The van der Waals surface area contributed by atoms with E-state index < -0.39 is 0 Å². The zero-order valence-corrected chi connectivity index (χ0v) is 10.2. The second-order valence-electron chi connectivity index (χ2n) is 4.32. The molecule has 2 rings (SSSR count). The summed E-state index contributed by atoms with van der Waals surface area (Å²) < 4.78 is 0. The van der Waals surface area contributed by atoms with Crippen LogP contribution in [0, 0.1) is 13.8 Å². The van der Waals surface area contributed by atoms with Crippen LogP contribution in [0.15, 0.2) is 43.0 Å². The lowest BCUT2D eigenvalue weighted by molar-refractivity contribution is 0.477. The molecule has 0 atom stereocenters. The summed E-state index contributed by atoms with van der Waals surface area (Å²) in [4.78, 5) is 0. The molecule has 0 fully saturated rings. The van der Waals surface area contributed by atoms with Crippen LogP contribution in [0.1, 0.15) is 16.7 Å². The number of rotatable bonds is 2. The van der Waals surface area contributed by atoms with Crippen LogP contribution in [0.4, 0.5) is 0 Å². The van der Waals surface area contributed by atoms with Crippen molar-refractivity contribution < 1.29 is 5.11 Å². The molecular weight excluding hydrogens is 208 g/mol. The maximum atomic E-state index is 10.00. The second kappa shape index (κ2) is 4.46. The van der Waals surface area contributed by atoms with Crippen molar-refractivity contribution in [3.8, 4) is 16.9 Å². The fourth-order valence-corrected chi connectivity index (χ4v) is 1.97. The molecule has 1 heteroatoms. The van der Waals surface area contributed by atoms with Gasteiger partial charge in [-0.25, -0.2) is 0 Å². The van der Waals surface area contributed by atoms with E-state index >= 15 is 0 Å². The highest BCUT2D eigenvalue weighted by Crippen LogP contribution is 2.33. The summed E-state index contributed by atoms with van der Waals surface area (Å²) in [5.41, 5.74) is 5.16. The number of benzene rings is 2. The molecule has 2 aromatic rings. The minimum atomic E-state index is 0.317. The van der Waals surface area contributed by atoms with Crippen molar-refractivity contribution in [1.29, 1.82) is 0 Å². The third-order valence-corrected chi connectivity index (χ3v) is 2.87. The maximum absolute atomic E-state index is 10.00. The average Bonchev–Trinajstić information content (AvgIpc) is 2.30. The predicted molar refractivity (Wildman–Crippen MR) is 73.1 cm³/mol. The number of phenols is 1. The molecule has 2 aromatic carbocycles. The minimum Gasteiger partial charge on any atom is -0.507 e. The Hall–Kier alpha value is -2.02. The third-order valence-electron chi connectivity index (χ3n) is 2.87. The first kappa shape index (κ1) is 11.5. The summed E-state index contributed by atoms with van der Waals surface area (Å²) in [7, 11) is 0. The lowest BCUT2D eigenvalue weighted by Gasteiger charge is -2.10. The second-order valence-corrected chi connectivity index (χ2v) is 4.32. The number of aromatic hydroxyl groups is 1. The maximum Gasteiger partial charge on any atom is 0.123 e. The van der Waals surface area contributed by atoms with Crippen molar-refractivity contribution in [2.45, 2.75) is 13.8 Å². The SMILES string of the molecule is C=Cc1cc(C)ccc1-c1ccc(C)cc1O. The Morgan fingerprint density at radius 3 is 2.12 bits per heavy atom. The zero-order valence-electron chi connectivity index (χ0n) is 10.2. The van der Waals surface area contributed by atoms with Crippen molar-refractivity contribution >= 4 is 6.08 Å². The summed E-state index contributed by atoms with van der Waals surface area (Å²) in [6, 6.07) is 11.9. The van der Waals surface area contributed by atoms with Crippen molar-refractivity contribution in [1.82, 2.24) is 0 Å². The number of aryl methyl sites for hydroxylation is 2. The van der Waals surface area contributed by atoms with E-state index in [4.69, 9.17) is 0 Å². The van der Waals surface area contributed by atoms with Gasteiger partial charge in [-0.2, -0.15) is 0 Å².